The molecule has 1 saturated carbocycles. The Morgan fingerprint density at radius 2 is 2.21 bits per heavy atom. The molecule has 1 aliphatic carbocycles. The minimum absolute atomic E-state index is 0.0479. The number of rotatable bonds is 5. The second kappa shape index (κ2) is 6.19. The van der Waals surface area contributed by atoms with Crippen molar-refractivity contribution in [3.05, 3.63) is 18.0 Å². The lowest BCUT2D eigenvalue weighted by molar-refractivity contribution is -0.127. The molecule has 2 rings (SSSR count). The summed E-state index contributed by atoms with van der Waals surface area (Å²) in [6.07, 6.45) is 9.50. The van der Waals surface area contributed by atoms with Gasteiger partial charge in [-0.15, -0.1) is 0 Å². The molecule has 0 aromatic carbocycles. The maximum absolute atomic E-state index is 11.8. The van der Waals surface area contributed by atoms with Gasteiger partial charge in [-0.05, 0) is 24.8 Å². The van der Waals surface area contributed by atoms with Gasteiger partial charge in [0, 0.05) is 19.8 Å². The minimum atomic E-state index is -0.767. The quantitative estimate of drug-likeness (QED) is 0.839. The lowest BCUT2D eigenvalue weighted by Crippen LogP contribution is -2.38. The molecule has 0 spiro atoms. The van der Waals surface area contributed by atoms with Gasteiger partial charge in [0.05, 0.1) is 18.2 Å². The van der Waals surface area contributed by atoms with Gasteiger partial charge in [0.15, 0.2) is 0 Å². The number of aliphatic hydroxyl groups is 1. The van der Waals surface area contributed by atoms with E-state index in [-0.39, 0.29) is 12.3 Å². The largest absolute Gasteiger partial charge is 0.389 e. The van der Waals surface area contributed by atoms with Crippen molar-refractivity contribution in [3.8, 4) is 0 Å². The summed E-state index contributed by atoms with van der Waals surface area (Å²) < 4.78 is 1.75. The number of aryl methyl sites for hydroxylation is 1. The van der Waals surface area contributed by atoms with Gasteiger partial charge < -0.3 is 10.4 Å². The molecule has 1 amide bonds. The standard InChI is InChI=1S/C14H23N3O2/c1-17-11-12(10-16-17)5-8-15-13(18)9-14(19)6-3-2-4-7-14/h10-11,19H,2-9H2,1H3,(H,15,18). The van der Waals surface area contributed by atoms with E-state index in [1.807, 2.05) is 13.2 Å². The molecule has 106 valence electrons. The van der Waals surface area contributed by atoms with Crippen molar-refractivity contribution in [1.82, 2.24) is 15.1 Å². The van der Waals surface area contributed by atoms with Crippen molar-refractivity contribution in [2.75, 3.05) is 6.54 Å². The molecule has 0 aliphatic heterocycles. The zero-order valence-electron chi connectivity index (χ0n) is 11.6. The molecular formula is C14H23N3O2. The van der Waals surface area contributed by atoms with Crippen LogP contribution in [0.5, 0.6) is 0 Å². The third-order valence-corrected chi connectivity index (χ3v) is 3.77. The number of carbonyl (C=O) groups excluding carboxylic acids is 1. The Kier molecular flexibility index (Phi) is 4.58. The topological polar surface area (TPSA) is 67.2 Å². The first-order valence-electron chi connectivity index (χ1n) is 7.04. The Bertz CT molecular complexity index is 422. The third kappa shape index (κ3) is 4.35. The summed E-state index contributed by atoms with van der Waals surface area (Å²) in [5, 5.41) is 17.2. The average molecular weight is 265 g/mol. The molecule has 19 heavy (non-hydrogen) atoms. The van der Waals surface area contributed by atoms with Gasteiger partial charge in [-0.3, -0.25) is 9.48 Å². The molecule has 0 atom stereocenters. The van der Waals surface area contributed by atoms with Crippen LogP contribution in [0.2, 0.25) is 0 Å². The maximum Gasteiger partial charge on any atom is 0.222 e. The van der Waals surface area contributed by atoms with Crippen molar-refractivity contribution in [3.63, 3.8) is 0 Å². The van der Waals surface area contributed by atoms with E-state index in [2.05, 4.69) is 10.4 Å². The molecule has 5 nitrogen and oxygen atoms in total. The fourth-order valence-corrected chi connectivity index (χ4v) is 2.70. The highest BCUT2D eigenvalue weighted by Gasteiger charge is 2.31. The Morgan fingerprint density at radius 3 is 2.84 bits per heavy atom. The normalized spacial score (nSPS) is 18.2. The minimum Gasteiger partial charge on any atom is -0.389 e. The molecule has 0 bridgehead atoms. The van der Waals surface area contributed by atoms with E-state index >= 15 is 0 Å². The first-order chi connectivity index (χ1) is 9.07. The van der Waals surface area contributed by atoms with Crippen LogP contribution < -0.4 is 5.32 Å². The third-order valence-electron chi connectivity index (χ3n) is 3.77. The van der Waals surface area contributed by atoms with E-state index in [0.717, 1.165) is 37.7 Å². The monoisotopic (exact) mass is 265 g/mol. The molecule has 0 radical (unpaired) electrons. The summed E-state index contributed by atoms with van der Waals surface area (Å²) in [5.74, 6) is -0.0479. The second-order valence-electron chi connectivity index (χ2n) is 5.58. The number of hydrogen-bond donors (Lipinski definition) is 2. The summed E-state index contributed by atoms with van der Waals surface area (Å²) in [7, 11) is 1.88. The number of nitrogens with zero attached hydrogens (tertiary/aromatic N) is 2. The van der Waals surface area contributed by atoms with Crippen LogP contribution in [0, 0.1) is 0 Å². The molecule has 2 N–H and O–H groups in total. The van der Waals surface area contributed by atoms with Crippen LogP contribution in [0.15, 0.2) is 12.4 Å². The summed E-state index contributed by atoms with van der Waals surface area (Å²) in [6.45, 7) is 0.598. The molecule has 0 unspecified atom stereocenters. The SMILES string of the molecule is Cn1cc(CCNC(=O)CC2(O)CCCCC2)cn1. The van der Waals surface area contributed by atoms with Crippen LogP contribution in [0.3, 0.4) is 0 Å². The van der Waals surface area contributed by atoms with Crippen molar-refractivity contribution >= 4 is 5.91 Å². The fraction of sp³-hybridized carbons (Fsp3) is 0.714. The predicted octanol–water partition coefficient (Wildman–Crippen LogP) is 1.16. The maximum atomic E-state index is 11.8. The highest BCUT2D eigenvalue weighted by atomic mass is 16.3. The first-order valence-corrected chi connectivity index (χ1v) is 7.04. The Morgan fingerprint density at radius 1 is 1.47 bits per heavy atom. The summed E-state index contributed by atoms with van der Waals surface area (Å²) in [5.41, 5.74) is 0.343. The van der Waals surface area contributed by atoms with Crippen LogP contribution in [-0.2, 0) is 18.3 Å². The van der Waals surface area contributed by atoms with Gasteiger partial charge in [-0.2, -0.15) is 5.10 Å². The zero-order valence-corrected chi connectivity index (χ0v) is 11.6. The van der Waals surface area contributed by atoms with Crippen molar-refractivity contribution in [2.45, 2.75) is 50.5 Å². The van der Waals surface area contributed by atoms with Crippen LogP contribution >= 0.6 is 0 Å². The van der Waals surface area contributed by atoms with Crippen molar-refractivity contribution < 1.29 is 9.90 Å². The predicted molar refractivity (Wildman–Crippen MR) is 72.6 cm³/mol. The van der Waals surface area contributed by atoms with Gasteiger partial charge >= 0.3 is 0 Å². The van der Waals surface area contributed by atoms with Gasteiger partial charge in [0.2, 0.25) is 5.91 Å². The molecule has 0 saturated heterocycles. The highest BCUT2D eigenvalue weighted by Crippen LogP contribution is 2.30. The number of nitrogens with one attached hydrogen (secondary N) is 1. The van der Waals surface area contributed by atoms with Gasteiger partial charge in [-0.1, -0.05) is 19.3 Å². The lowest BCUT2D eigenvalue weighted by atomic mass is 9.82. The van der Waals surface area contributed by atoms with Gasteiger partial charge in [0.1, 0.15) is 0 Å². The number of aromatic nitrogens is 2. The van der Waals surface area contributed by atoms with Crippen LogP contribution in [0.25, 0.3) is 0 Å². The van der Waals surface area contributed by atoms with Gasteiger partial charge in [0.25, 0.3) is 0 Å². The van der Waals surface area contributed by atoms with E-state index in [4.69, 9.17) is 0 Å². The van der Waals surface area contributed by atoms with Crippen LogP contribution in [-0.4, -0.2) is 32.9 Å². The summed E-state index contributed by atoms with van der Waals surface area (Å²) >= 11 is 0. The Balaban J connectivity index is 1.69. The van der Waals surface area contributed by atoms with Crippen LogP contribution in [0.4, 0.5) is 0 Å². The Hall–Kier alpha value is -1.36. The van der Waals surface area contributed by atoms with E-state index in [0.29, 0.717) is 6.54 Å². The molecule has 1 aliphatic rings. The fourth-order valence-electron chi connectivity index (χ4n) is 2.70. The molecule has 1 heterocycles. The van der Waals surface area contributed by atoms with Gasteiger partial charge in [-0.25, -0.2) is 0 Å². The molecule has 5 heteroatoms. The number of carbonyl (C=O) groups is 1. The van der Waals surface area contributed by atoms with Crippen molar-refractivity contribution in [1.29, 1.82) is 0 Å². The summed E-state index contributed by atoms with van der Waals surface area (Å²) in [4.78, 5) is 11.8. The Labute approximate surface area is 114 Å². The van der Waals surface area contributed by atoms with E-state index < -0.39 is 5.60 Å². The molecule has 1 aromatic heterocycles. The van der Waals surface area contributed by atoms with E-state index in [9.17, 15) is 9.90 Å². The molecule has 1 aromatic rings. The number of hydrogen-bond acceptors (Lipinski definition) is 3. The first kappa shape index (κ1) is 14.1. The number of amides is 1. The van der Waals surface area contributed by atoms with Crippen LogP contribution in [0.1, 0.15) is 44.1 Å². The second-order valence-corrected chi connectivity index (χ2v) is 5.58. The lowest BCUT2D eigenvalue weighted by Gasteiger charge is -2.31. The smallest absolute Gasteiger partial charge is 0.222 e. The molecular weight excluding hydrogens is 242 g/mol. The van der Waals surface area contributed by atoms with E-state index in [1.54, 1.807) is 10.9 Å². The average Bonchev–Trinajstić information content (AvgIpc) is 2.75. The van der Waals surface area contributed by atoms with Crippen molar-refractivity contribution in [2.24, 2.45) is 7.05 Å². The van der Waals surface area contributed by atoms with E-state index in [1.165, 1.54) is 6.42 Å². The summed E-state index contributed by atoms with van der Waals surface area (Å²) in [6, 6.07) is 0. The zero-order chi connectivity index (χ0) is 13.7. The molecule has 1 fully saturated rings. The highest BCUT2D eigenvalue weighted by molar-refractivity contribution is 5.77.